The van der Waals surface area contributed by atoms with E-state index in [0.717, 1.165) is 37.0 Å². The molecular weight excluding hydrogens is 272 g/mol. The number of hydrogen-bond donors (Lipinski definition) is 0. The van der Waals surface area contributed by atoms with Crippen molar-refractivity contribution in [2.24, 2.45) is 0 Å². The van der Waals surface area contributed by atoms with Gasteiger partial charge in [-0.1, -0.05) is 19.8 Å². The van der Waals surface area contributed by atoms with E-state index >= 15 is 0 Å². The first kappa shape index (κ1) is 17.3. The Hall–Kier alpha value is -1.78. The summed E-state index contributed by atoms with van der Waals surface area (Å²) in [7, 11) is 2.69. The van der Waals surface area contributed by atoms with Gasteiger partial charge in [-0.3, -0.25) is 4.79 Å². The van der Waals surface area contributed by atoms with Crippen LogP contribution in [0.4, 0.5) is 0 Å². The molecule has 0 N–H and O–H groups in total. The van der Waals surface area contributed by atoms with Gasteiger partial charge in [0.15, 0.2) is 0 Å². The lowest BCUT2D eigenvalue weighted by Gasteiger charge is -2.04. The first-order valence-electron chi connectivity index (χ1n) is 7.31. The molecule has 1 aromatic heterocycles. The molecule has 1 heterocycles. The lowest BCUT2D eigenvalue weighted by molar-refractivity contribution is -0.140. The lowest BCUT2D eigenvalue weighted by atomic mass is 10.0. The summed E-state index contributed by atoms with van der Waals surface area (Å²) >= 11 is 0. The van der Waals surface area contributed by atoms with Crippen molar-refractivity contribution >= 4 is 11.9 Å². The third kappa shape index (κ3) is 4.62. The zero-order chi connectivity index (χ0) is 15.8. The van der Waals surface area contributed by atoms with E-state index < -0.39 is 5.97 Å². The second-order valence-corrected chi connectivity index (χ2v) is 4.96. The molecular formula is C16H24O5. The van der Waals surface area contributed by atoms with Crippen molar-refractivity contribution in [3.05, 3.63) is 22.6 Å². The van der Waals surface area contributed by atoms with E-state index in [4.69, 9.17) is 9.15 Å². The van der Waals surface area contributed by atoms with Crippen LogP contribution in [0.1, 0.15) is 60.0 Å². The van der Waals surface area contributed by atoms with E-state index in [9.17, 15) is 9.59 Å². The number of rotatable bonds is 8. The summed E-state index contributed by atoms with van der Waals surface area (Å²) in [6.45, 7) is 3.97. The van der Waals surface area contributed by atoms with Crippen LogP contribution in [0.25, 0.3) is 0 Å². The molecule has 1 aromatic rings. The van der Waals surface area contributed by atoms with Gasteiger partial charge in [0, 0.05) is 12.0 Å². The van der Waals surface area contributed by atoms with Crippen molar-refractivity contribution in [1.82, 2.24) is 0 Å². The second-order valence-electron chi connectivity index (χ2n) is 4.96. The first-order valence-corrected chi connectivity index (χ1v) is 7.31. The van der Waals surface area contributed by atoms with Crippen LogP contribution >= 0.6 is 0 Å². The monoisotopic (exact) mass is 296 g/mol. The summed E-state index contributed by atoms with van der Waals surface area (Å²) in [5.41, 5.74) is 1.38. The van der Waals surface area contributed by atoms with Crippen LogP contribution in [0.3, 0.4) is 0 Å². The van der Waals surface area contributed by atoms with Gasteiger partial charge in [0.2, 0.25) is 0 Å². The van der Waals surface area contributed by atoms with E-state index in [0.29, 0.717) is 17.7 Å². The van der Waals surface area contributed by atoms with Gasteiger partial charge < -0.3 is 13.9 Å². The molecule has 5 heteroatoms. The normalized spacial score (nSPS) is 10.5. The molecule has 0 saturated heterocycles. The number of esters is 2. The smallest absolute Gasteiger partial charge is 0.341 e. The van der Waals surface area contributed by atoms with E-state index in [1.807, 2.05) is 6.92 Å². The third-order valence-corrected chi connectivity index (χ3v) is 3.49. The minimum atomic E-state index is -0.404. The van der Waals surface area contributed by atoms with Gasteiger partial charge in [0.25, 0.3) is 0 Å². The number of methoxy groups -OCH3 is 2. The number of furan rings is 1. The Bertz CT molecular complexity index is 487. The summed E-state index contributed by atoms with van der Waals surface area (Å²) in [4.78, 5) is 23.3. The van der Waals surface area contributed by atoms with Crippen molar-refractivity contribution in [3.8, 4) is 0 Å². The van der Waals surface area contributed by atoms with Crippen LogP contribution in [-0.2, 0) is 27.1 Å². The first-order chi connectivity index (χ1) is 10.0. The summed E-state index contributed by atoms with van der Waals surface area (Å²) in [5, 5.41) is 0. The molecule has 0 saturated carbocycles. The zero-order valence-corrected chi connectivity index (χ0v) is 13.3. The van der Waals surface area contributed by atoms with Crippen LogP contribution < -0.4 is 0 Å². The molecule has 118 valence electrons. The van der Waals surface area contributed by atoms with Crippen molar-refractivity contribution in [1.29, 1.82) is 0 Å². The average Bonchev–Trinajstić information content (AvgIpc) is 2.80. The molecule has 1 rings (SSSR count). The Labute approximate surface area is 125 Å². The molecule has 0 aliphatic heterocycles. The topological polar surface area (TPSA) is 65.7 Å². The van der Waals surface area contributed by atoms with E-state index in [2.05, 4.69) is 11.7 Å². The number of aryl methyl sites for hydroxylation is 2. The SMILES string of the molecule is CCCCCc1c(C)oc(CCC(=O)OC)c1C(=O)OC. The quantitative estimate of drug-likeness (QED) is 0.544. The summed E-state index contributed by atoms with van der Waals surface area (Å²) in [6, 6.07) is 0. The van der Waals surface area contributed by atoms with Crippen LogP contribution in [-0.4, -0.2) is 26.2 Å². The maximum Gasteiger partial charge on any atom is 0.341 e. The van der Waals surface area contributed by atoms with Crippen molar-refractivity contribution in [2.45, 2.75) is 52.4 Å². The second kappa shape index (κ2) is 8.49. The fourth-order valence-electron chi connectivity index (χ4n) is 2.33. The molecule has 0 aromatic carbocycles. The lowest BCUT2D eigenvalue weighted by Crippen LogP contribution is -2.09. The summed E-state index contributed by atoms with van der Waals surface area (Å²) < 4.78 is 15.2. The maximum absolute atomic E-state index is 12.0. The Balaban J connectivity index is 2.98. The summed E-state index contributed by atoms with van der Waals surface area (Å²) in [5.74, 6) is 0.508. The zero-order valence-electron chi connectivity index (χ0n) is 13.3. The van der Waals surface area contributed by atoms with Crippen molar-refractivity contribution in [3.63, 3.8) is 0 Å². The standard InChI is InChI=1S/C16H24O5/c1-5-6-7-8-12-11(2)21-13(9-10-14(17)19-3)15(12)16(18)20-4/h5-10H2,1-4H3. The van der Waals surface area contributed by atoms with Crippen LogP contribution in [0.5, 0.6) is 0 Å². The molecule has 0 fully saturated rings. The van der Waals surface area contributed by atoms with E-state index in [-0.39, 0.29) is 12.4 Å². The van der Waals surface area contributed by atoms with Crippen molar-refractivity contribution in [2.75, 3.05) is 14.2 Å². The molecule has 0 spiro atoms. The molecule has 0 amide bonds. The van der Waals surface area contributed by atoms with Crippen molar-refractivity contribution < 1.29 is 23.5 Å². The van der Waals surface area contributed by atoms with Gasteiger partial charge in [0.05, 0.1) is 20.6 Å². The highest BCUT2D eigenvalue weighted by Gasteiger charge is 2.24. The largest absolute Gasteiger partial charge is 0.469 e. The maximum atomic E-state index is 12.0. The van der Waals surface area contributed by atoms with Crippen LogP contribution in [0.2, 0.25) is 0 Å². The fourth-order valence-corrected chi connectivity index (χ4v) is 2.33. The Kier molecular flexibility index (Phi) is 6.99. The van der Waals surface area contributed by atoms with E-state index in [1.54, 1.807) is 0 Å². The fraction of sp³-hybridized carbons (Fsp3) is 0.625. The predicted molar refractivity (Wildman–Crippen MR) is 78.4 cm³/mol. The number of hydrogen-bond acceptors (Lipinski definition) is 5. The van der Waals surface area contributed by atoms with Crippen LogP contribution in [0, 0.1) is 6.92 Å². The highest BCUT2D eigenvalue weighted by Crippen LogP contribution is 2.26. The van der Waals surface area contributed by atoms with Gasteiger partial charge in [-0.2, -0.15) is 0 Å². The van der Waals surface area contributed by atoms with Gasteiger partial charge in [-0.05, 0) is 19.8 Å². The molecule has 0 aliphatic carbocycles. The number of ether oxygens (including phenoxy) is 2. The number of unbranched alkanes of at least 4 members (excludes halogenated alkanes) is 2. The van der Waals surface area contributed by atoms with E-state index in [1.165, 1.54) is 14.2 Å². The minimum absolute atomic E-state index is 0.182. The highest BCUT2D eigenvalue weighted by molar-refractivity contribution is 5.92. The van der Waals surface area contributed by atoms with Gasteiger partial charge in [-0.15, -0.1) is 0 Å². The number of carbonyl (C=O) groups excluding carboxylic acids is 2. The molecule has 0 bridgehead atoms. The molecule has 0 unspecified atom stereocenters. The Morgan fingerprint density at radius 2 is 1.81 bits per heavy atom. The average molecular weight is 296 g/mol. The Morgan fingerprint density at radius 1 is 1.10 bits per heavy atom. The minimum Gasteiger partial charge on any atom is -0.469 e. The molecule has 0 radical (unpaired) electrons. The molecule has 0 aliphatic rings. The molecule has 21 heavy (non-hydrogen) atoms. The highest BCUT2D eigenvalue weighted by atomic mass is 16.5. The van der Waals surface area contributed by atoms with Gasteiger partial charge >= 0.3 is 11.9 Å². The molecule has 5 nitrogen and oxygen atoms in total. The number of carbonyl (C=O) groups is 2. The summed E-state index contributed by atoms with van der Waals surface area (Å²) in [6.07, 6.45) is 4.51. The van der Waals surface area contributed by atoms with Crippen LogP contribution in [0.15, 0.2) is 4.42 Å². The van der Waals surface area contributed by atoms with Gasteiger partial charge in [-0.25, -0.2) is 4.79 Å². The third-order valence-electron chi connectivity index (χ3n) is 3.49. The Morgan fingerprint density at radius 3 is 2.38 bits per heavy atom. The predicted octanol–water partition coefficient (Wildman–Crippen LogP) is 3.21. The van der Waals surface area contributed by atoms with Gasteiger partial charge in [0.1, 0.15) is 17.1 Å². The molecule has 0 atom stereocenters.